The van der Waals surface area contributed by atoms with E-state index in [1.165, 1.54) is 12.1 Å². The lowest BCUT2D eigenvalue weighted by Crippen LogP contribution is -2.55. The van der Waals surface area contributed by atoms with Crippen LogP contribution in [0.1, 0.15) is 30.4 Å². The number of aliphatic hydroxyl groups is 1. The third-order valence-electron chi connectivity index (χ3n) is 6.15. The van der Waals surface area contributed by atoms with Gasteiger partial charge < -0.3 is 19.9 Å². The zero-order valence-electron chi connectivity index (χ0n) is 18.5. The molecule has 0 aromatic heterocycles. The Morgan fingerprint density at radius 1 is 1.15 bits per heavy atom. The third-order valence-corrected chi connectivity index (χ3v) is 6.39. The molecule has 0 bridgehead atoms. The number of carbonyl (C=O) groups excluding carboxylic acids is 1. The summed E-state index contributed by atoms with van der Waals surface area (Å²) >= 11 is 6.16. The first-order valence-electron chi connectivity index (χ1n) is 11.4. The molecule has 33 heavy (non-hydrogen) atoms. The molecule has 178 valence electrons. The molecule has 4 rings (SSSR count). The van der Waals surface area contributed by atoms with E-state index in [0.717, 1.165) is 24.0 Å². The summed E-state index contributed by atoms with van der Waals surface area (Å²) in [6.45, 7) is 2.03. The summed E-state index contributed by atoms with van der Waals surface area (Å²) in [6.07, 6.45) is 0.845. The number of aliphatic hydroxyl groups excluding tert-OH is 1. The second-order valence-electron chi connectivity index (χ2n) is 8.80. The van der Waals surface area contributed by atoms with Crippen LogP contribution in [0.4, 0.5) is 4.39 Å². The average molecular weight is 477 g/mol. The van der Waals surface area contributed by atoms with Crippen molar-refractivity contribution in [2.75, 3.05) is 19.8 Å². The van der Waals surface area contributed by atoms with E-state index >= 15 is 0 Å². The van der Waals surface area contributed by atoms with Gasteiger partial charge in [-0.05, 0) is 48.2 Å². The fourth-order valence-corrected chi connectivity index (χ4v) is 4.84. The van der Waals surface area contributed by atoms with Crippen molar-refractivity contribution in [2.24, 2.45) is 0 Å². The van der Waals surface area contributed by atoms with Crippen LogP contribution in [0.5, 0.6) is 0 Å². The van der Waals surface area contributed by atoms with Crippen LogP contribution >= 0.6 is 11.6 Å². The molecule has 2 saturated heterocycles. The standard InChI is InChI=1S/C25H30ClFN2O4/c26-19-5-1-4-18(9-19)13-29-14-21(30)15-32-16-24-23(29)8-7-22(33-24)11-25(31)28-12-17-3-2-6-20(27)10-17/h1-6,9-10,21-24,30H,7-8,11-16H2,(H,28,31)/t21-,22-,23+,24-/m0/s1. The highest BCUT2D eigenvalue weighted by molar-refractivity contribution is 6.30. The van der Waals surface area contributed by atoms with Gasteiger partial charge in [0.1, 0.15) is 5.82 Å². The average Bonchev–Trinajstić information content (AvgIpc) is 2.77. The van der Waals surface area contributed by atoms with Crippen LogP contribution in [0.2, 0.25) is 5.02 Å². The number of amides is 1. The van der Waals surface area contributed by atoms with Crippen molar-refractivity contribution in [3.05, 3.63) is 70.5 Å². The molecule has 2 aromatic rings. The van der Waals surface area contributed by atoms with Crippen molar-refractivity contribution in [3.8, 4) is 0 Å². The first-order valence-corrected chi connectivity index (χ1v) is 11.7. The maximum absolute atomic E-state index is 13.3. The lowest BCUT2D eigenvalue weighted by atomic mass is 9.94. The van der Waals surface area contributed by atoms with Crippen molar-refractivity contribution in [1.82, 2.24) is 10.2 Å². The molecule has 0 spiro atoms. The summed E-state index contributed by atoms with van der Waals surface area (Å²) in [5, 5.41) is 13.9. The molecule has 2 heterocycles. The Morgan fingerprint density at radius 3 is 2.79 bits per heavy atom. The van der Waals surface area contributed by atoms with Gasteiger partial charge in [0, 0.05) is 30.7 Å². The highest BCUT2D eigenvalue weighted by Crippen LogP contribution is 2.29. The molecular weight excluding hydrogens is 447 g/mol. The molecule has 0 radical (unpaired) electrons. The van der Waals surface area contributed by atoms with Gasteiger partial charge in [-0.1, -0.05) is 35.9 Å². The summed E-state index contributed by atoms with van der Waals surface area (Å²) < 4.78 is 25.3. The van der Waals surface area contributed by atoms with Gasteiger partial charge in [-0.25, -0.2) is 4.39 Å². The first-order chi connectivity index (χ1) is 16.0. The first kappa shape index (κ1) is 24.1. The number of β-amino-alcohol motifs (C(OH)–C–C–N with tert-alkyl or cyclic N) is 1. The van der Waals surface area contributed by atoms with Gasteiger partial charge in [0.25, 0.3) is 0 Å². The molecule has 2 N–H and O–H groups in total. The third kappa shape index (κ3) is 6.98. The van der Waals surface area contributed by atoms with Crippen molar-refractivity contribution >= 4 is 17.5 Å². The van der Waals surface area contributed by atoms with Crippen LogP contribution in [0.3, 0.4) is 0 Å². The topological polar surface area (TPSA) is 71.0 Å². The van der Waals surface area contributed by atoms with Gasteiger partial charge in [-0.15, -0.1) is 0 Å². The van der Waals surface area contributed by atoms with Crippen molar-refractivity contribution < 1.29 is 23.8 Å². The molecule has 0 aliphatic carbocycles. The normalized spacial score (nSPS) is 26.2. The highest BCUT2D eigenvalue weighted by atomic mass is 35.5. The molecule has 6 nitrogen and oxygen atoms in total. The van der Waals surface area contributed by atoms with Crippen LogP contribution in [-0.4, -0.2) is 60.0 Å². The van der Waals surface area contributed by atoms with E-state index in [1.54, 1.807) is 12.1 Å². The van der Waals surface area contributed by atoms with Gasteiger partial charge in [0.05, 0.1) is 37.9 Å². The van der Waals surface area contributed by atoms with E-state index < -0.39 is 6.10 Å². The Bertz CT molecular complexity index is 946. The summed E-state index contributed by atoms with van der Waals surface area (Å²) in [4.78, 5) is 14.7. The maximum Gasteiger partial charge on any atom is 0.222 e. The number of hydrogen-bond donors (Lipinski definition) is 2. The van der Waals surface area contributed by atoms with Crippen LogP contribution < -0.4 is 5.32 Å². The number of fused-ring (bicyclic) bond motifs is 1. The number of carbonyl (C=O) groups is 1. The van der Waals surface area contributed by atoms with Crippen LogP contribution in [0.15, 0.2) is 48.5 Å². The number of hydrogen-bond acceptors (Lipinski definition) is 5. The molecule has 2 fully saturated rings. The van der Waals surface area contributed by atoms with Gasteiger partial charge in [0.2, 0.25) is 5.91 Å². The minimum absolute atomic E-state index is 0.0746. The van der Waals surface area contributed by atoms with Crippen molar-refractivity contribution in [3.63, 3.8) is 0 Å². The minimum atomic E-state index is -0.573. The molecule has 2 aromatic carbocycles. The lowest BCUT2D eigenvalue weighted by molar-refractivity contribution is -0.158. The maximum atomic E-state index is 13.3. The molecule has 4 atom stereocenters. The smallest absolute Gasteiger partial charge is 0.222 e. The summed E-state index contributed by atoms with van der Waals surface area (Å²) in [5.41, 5.74) is 1.80. The number of nitrogens with zero attached hydrogens (tertiary/aromatic N) is 1. The van der Waals surface area contributed by atoms with E-state index in [9.17, 15) is 14.3 Å². The predicted octanol–water partition coefficient (Wildman–Crippen LogP) is 3.29. The Balaban J connectivity index is 1.34. The van der Waals surface area contributed by atoms with Gasteiger partial charge in [0.15, 0.2) is 0 Å². The quantitative estimate of drug-likeness (QED) is 0.669. The van der Waals surface area contributed by atoms with Gasteiger partial charge >= 0.3 is 0 Å². The fourth-order valence-electron chi connectivity index (χ4n) is 4.62. The second kappa shape index (κ2) is 11.4. The number of rotatable bonds is 6. The number of nitrogens with one attached hydrogen (secondary N) is 1. The van der Waals surface area contributed by atoms with Gasteiger partial charge in [-0.2, -0.15) is 0 Å². The molecular formula is C25H30ClFN2O4. The number of ether oxygens (including phenoxy) is 2. The summed E-state index contributed by atoms with van der Waals surface area (Å²) in [7, 11) is 0. The van der Waals surface area contributed by atoms with E-state index in [2.05, 4.69) is 10.2 Å². The van der Waals surface area contributed by atoms with Gasteiger partial charge in [-0.3, -0.25) is 9.69 Å². The SMILES string of the molecule is O=C(C[C@@H]1CC[C@@H]2[C@H](COC[C@@H](O)CN2Cc2cccc(Cl)c2)O1)NCc1cccc(F)c1. The minimum Gasteiger partial charge on any atom is -0.389 e. The van der Waals surface area contributed by atoms with E-state index in [0.29, 0.717) is 24.7 Å². The summed E-state index contributed by atoms with van der Waals surface area (Å²) in [6, 6.07) is 14.0. The van der Waals surface area contributed by atoms with Crippen molar-refractivity contribution in [2.45, 2.75) is 56.7 Å². The van der Waals surface area contributed by atoms with Crippen LogP contribution in [0, 0.1) is 5.82 Å². The lowest BCUT2D eigenvalue weighted by Gasteiger charge is -2.44. The summed E-state index contributed by atoms with van der Waals surface area (Å²) in [5.74, 6) is -0.444. The van der Waals surface area contributed by atoms with Crippen LogP contribution in [-0.2, 0) is 27.4 Å². The number of halogens is 2. The zero-order valence-corrected chi connectivity index (χ0v) is 19.2. The fraction of sp³-hybridized carbons (Fsp3) is 0.480. The molecule has 0 saturated carbocycles. The molecule has 0 unspecified atom stereocenters. The number of benzene rings is 2. The van der Waals surface area contributed by atoms with Crippen molar-refractivity contribution in [1.29, 1.82) is 0 Å². The molecule has 2 aliphatic heterocycles. The highest BCUT2D eigenvalue weighted by Gasteiger charge is 2.38. The monoisotopic (exact) mass is 476 g/mol. The largest absolute Gasteiger partial charge is 0.389 e. The Labute approximate surface area is 198 Å². The van der Waals surface area contributed by atoms with E-state index in [4.69, 9.17) is 21.1 Å². The Hall–Kier alpha value is -2.03. The predicted molar refractivity (Wildman–Crippen MR) is 123 cm³/mol. The Kier molecular flexibility index (Phi) is 8.33. The van der Waals surface area contributed by atoms with Crippen LogP contribution in [0.25, 0.3) is 0 Å². The molecule has 2 aliphatic rings. The second-order valence-corrected chi connectivity index (χ2v) is 9.24. The molecule has 8 heteroatoms. The zero-order chi connectivity index (χ0) is 23.2. The van der Waals surface area contributed by atoms with E-state index in [-0.39, 0.29) is 49.5 Å². The van der Waals surface area contributed by atoms with E-state index in [1.807, 2.05) is 24.3 Å². The molecule has 1 amide bonds. The Morgan fingerprint density at radius 2 is 1.97 bits per heavy atom.